The highest BCUT2D eigenvalue weighted by Crippen LogP contribution is 2.19. The van der Waals surface area contributed by atoms with Crippen LogP contribution >= 0.6 is 11.6 Å². The van der Waals surface area contributed by atoms with E-state index in [0.717, 1.165) is 5.56 Å². The molecule has 0 spiro atoms. The van der Waals surface area contributed by atoms with Gasteiger partial charge in [-0.2, -0.15) is 0 Å². The van der Waals surface area contributed by atoms with Gasteiger partial charge in [0.25, 0.3) is 5.24 Å². The molecule has 0 saturated heterocycles. The normalized spacial score (nSPS) is 13.7. The van der Waals surface area contributed by atoms with Crippen LogP contribution in [0.1, 0.15) is 19.4 Å². The van der Waals surface area contributed by atoms with Crippen LogP contribution in [0, 0.1) is 0 Å². The van der Waals surface area contributed by atoms with E-state index in [1.54, 1.807) is 6.92 Å². The van der Waals surface area contributed by atoms with E-state index in [9.17, 15) is 9.59 Å². The summed E-state index contributed by atoms with van der Waals surface area (Å²) in [6.07, 6.45) is 0. The highest BCUT2D eigenvalue weighted by Gasteiger charge is 2.43. The zero-order valence-electron chi connectivity index (χ0n) is 10.3. The lowest BCUT2D eigenvalue weighted by molar-refractivity contribution is -0.173. The number of halogens is 1. The van der Waals surface area contributed by atoms with Crippen molar-refractivity contribution < 1.29 is 19.1 Å². The molecule has 0 heterocycles. The third-order valence-corrected chi connectivity index (χ3v) is 2.77. The Morgan fingerprint density at radius 1 is 1.28 bits per heavy atom. The molecule has 1 rings (SSSR count). The van der Waals surface area contributed by atoms with Crippen LogP contribution in [0.4, 0.5) is 0 Å². The highest BCUT2D eigenvalue weighted by atomic mass is 35.5. The number of ether oxygens (including phenoxy) is 2. The minimum Gasteiger partial charge on any atom is -0.463 e. The van der Waals surface area contributed by atoms with Gasteiger partial charge in [-0.05, 0) is 31.0 Å². The second-order valence-electron chi connectivity index (χ2n) is 3.80. The van der Waals surface area contributed by atoms with Gasteiger partial charge in [-0.25, -0.2) is 4.79 Å². The molecule has 0 radical (unpaired) electrons. The molecule has 1 aromatic rings. The third-order valence-electron chi connectivity index (χ3n) is 2.41. The minimum absolute atomic E-state index is 0.106. The molecule has 0 aromatic heterocycles. The summed E-state index contributed by atoms with van der Waals surface area (Å²) in [5.41, 5.74) is -0.932. The molecule has 0 fully saturated rings. The van der Waals surface area contributed by atoms with Gasteiger partial charge in [0, 0.05) is 0 Å². The Hall–Kier alpha value is -1.39. The fourth-order valence-corrected chi connectivity index (χ4v) is 1.40. The summed E-state index contributed by atoms with van der Waals surface area (Å²) in [6, 6.07) is 9.18. The number of esters is 1. The lowest BCUT2D eigenvalue weighted by atomic mass is 10.1. The molecule has 0 aliphatic carbocycles. The first-order chi connectivity index (χ1) is 8.50. The Labute approximate surface area is 111 Å². The molecule has 1 aromatic carbocycles. The van der Waals surface area contributed by atoms with Gasteiger partial charge in [0.1, 0.15) is 0 Å². The molecule has 18 heavy (non-hydrogen) atoms. The molecule has 0 amide bonds. The van der Waals surface area contributed by atoms with Gasteiger partial charge in [0.05, 0.1) is 13.2 Å². The zero-order chi connectivity index (χ0) is 13.6. The molecule has 0 saturated carbocycles. The Balaban J connectivity index is 2.75. The van der Waals surface area contributed by atoms with Crippen molar-refractivity contribution in [3.05, 3.63) is 35.9 Å². The second kappa shape index (κ2) is 6.52. The summed E-state index contributed by atoms with van der Waals surface area (Å²) in [5.74, 6) is -0.777. The average molecular weight is 271 g/mol. The maximum atomic E-state index is 11.7. The second-order valence-corrected chi connectivity index (χ2v) is 4.14. The first-order valence-corrected chi connectivity index (χ1v) is 5.93. The Kier molecular flexibility index (Phi) is 5.31. The number of hydrogen-bond donors (Lipinski definition) is 0. The zero-order valence-corrected chi connectivity index (χ0v) is 11.1. The third kappa shape index (κ3) is 3.55. The predicted octanol–water partition coefficient (Wildman–Crippen LogP) is 2.29. The number of carbonyl (C=O) groups is 2. The van der Waals surface area contributed by atoms with Gasteiger partial charge < -0.3 is 9.47 Å². The summed E-state index contributed by atoms with van der Waals surface area (Å²) in [6.45, 7) is 3.22. The number of hydrogen-bond acceptors (Lipinski definition) is 4. The predicted molar refractivity (Wildman–Crippen MR) is 67.1 cm³/mol. The Morgan fingerprint density at radius 2 is 1.89 bits per heavy atom. The van der Waals surface area contributed by atoms with Crippen molar-refractivity contribution in [2.45, 2.75) is 26.1 Å². The first kappa shape index (κ1) is 14.7. The monoisotopic (exact) mass is 270 g/mol. The molecule has 4 nitrogen and oxygen atoms in total. The van der Waals surface area contributed by atoms with Crippen molar-refractivity contribution >= 4 is 22.8 Å². The highest BCUT2D eigenvalue weighted by molar-refractivity contribution is 6.67. The molecule has 0 unspecified atom stereocenters. The van der Waals surface area contributed by atoms with Crippen LogP contribution in [0.2, 0.25) is 0 Å². The molecular weight excluding hydrogens is 256 g/mol. The molecule has 1 atom stereocenters. The number of benzene rings is 1. The summed E-state index contributed by atoms with van der Waals surface area (Å²) in [4.78, 5) is 23.0. The summed E-state index contributed by atoms with van der Waals surface area (Å²) >= 11 is 5.42. The fourth-order valence-electron chi connectivity index (χ4n) is 1.27. The van der Waals surface area contributed by atoms with Gasteiger partial charge in [0.2, 0.25) is 5.60 Å². The molecule has 98 valence electrons. The average Bonchev–Trinajstić information content (AvgIpc) is 2.37. The van der Waals surface area contributed by atoms with Crippen molar-refractivity contribution in [1.29, 1.82) is 0 Å². The van der Waals surface area contributed by atoms with E-state index in [1.807, 2.05) is 30.3 Å². The SMILES string of the molecule is CCOC(=O)[C@@](C)(OCc1ccccc1)C(=O)Cl. The van der Waals surface area contributed by atoms with E-state index in [4.69, 9.17) is 21.1 Å². The van der Waals surface area contributed by atoms with Crippen LogP contribution in [0.5, 0.6) is 0 Å². The number of carbonyl (C=O) groups excluding carboxylic acids is 2. The molecular formula is C13H15ClO4. The van der Waals surface area contributed by atoms with Crippen molar-refractivity contribution in [2.24, 2.45) is 0 Å². The Morgan fingerprint density at radius 3 is 2.39 bits per heavy atom. The summed E-state index contributed by atoms with van der Waals surface area (Å²) in [5, 5.41) is -0.892. The van der Waals surface area contributed by atoms with Crippen molar-refractivity contribution in [3.8, 4) is 0 Å². The van der Waals surface area contributed by atoms with E-state index in [1.165, 1.54) is 6.92 Å². The molecule has 0 N–H and O–H groups in total. The van der Waals surface area contributed by atoms with Crippen LogP contribution in [-0.4, -0.2) is 23.4 Å². The van der Waals surface area contributed by atoms with Crippen LogP contribution in [0.15, 0.2) is 30.3 Å². The van der Waals surface area contributed by atoms with Gasteiger partial charge in [-0.1, -0.05) is 30.3 Å². The van der Waals surface area contributed by atoms with Crippen molar-refractivity contribution in [1.82, 2.24) is 0 Å². The summed E-state index contributed by atoms with van der Waals surface area (Å²) in [7, 11) is 0. The van der Waals surface area contributed by atoms with E-state index >= 15 is 0 Å². The quantitative estimate of drug-likeness (QED) is 0.452. The van der Waals surface area contributed by atoms with Crippen LogP contribution < -0.4 is 0 Å². The standard InChI is InChI=1S/C13H15ClO4/c1-3-17-12(16)13(2,11(14)15)18-9-10-7-5-4-6-8-10/h4-8H,3,9H2,1-2H3/t13-/m0/s1. The largest absolute Gasteiger partial charge is 0.463 e. The van der Waals surface area contributed by atoms with Gasteiger partial charge in [-0.3, -0.25) is 4.79 Å². The van der Waals surface area contributed by atoms with Crippen LogP contribution in [0.3, 0.4) is 0 Å². The van der Waals surface area contributed by atoms with E-state index in [-0.39, 0.29) is 13.2 Å². The van der Waals surface area contributed by atoms with Gasteiger partial charge >= 0.3 is 5.97 Å². The maximum absolute atomic E-state index is 11.7. The van der Waals surface area contributed by atoms with Gasteiger partial charge in [0.15, 0.2) is 0 Å². The topological polar surface area (TPSA) is 52.6 Å². The first-order valence-electron chi connectivity index (χ1n) is 5.55. The smallest absolute Gasteiger partial charge is 0.347 e. The molecule has 0 aliphatic heterocycles. The molecule has 0 aliphatic rings. The van der Waals surface area contributed by atoms with E-state index in [0.29, 0.717) is 0 Å². The maximum Gasteiger partial charge on any atom is 0.347 e. The minimum atomic E-state index is -1.77. The number of rotatable bonds is 6. The van der Waals surface area contributed by atoms with Gasteiger partial charge in [-0.15, -0.1) is 0 Å². The van der Waals surface area contributed by atoms with Crippen molar-refractivity contribution in [3.63, 3.8) is 0 Å². The lowest BCUT2D eigenvalue weighted by Crippen LogP contribution is -2.45. The molecule has 0 bridgehead atoms. The fraction of sp³-hybridized carbons (Fsp3) is 0.385. The summed E-state index contributed by atoms with van der Waals surface area (Å²) < 4.78 is 10.1. The molecule has 5 heteroatoms. The van der Waals surface area contributed by atoms with Crippen LogP contribution in [-0.2, 0) is 25.7 Å². The van der Waals surface area contributed by atoms with Crippen molar-refractivity contribution in [2.75, 3.05) is 6.61 Å². The Bertz CT molecular complexity index is 418. The van der Waals surface area contributed by atoms with E-state index in [2.05, 4.69) is 0 Å². The van der Waals surface area contributed by atoms with Crippen LogP contribution in [0.25, 0.3) is 0 Å². The lowest BCUT2D eigenvalue weighted by Gasteiger charge is -2.23. The van der Waals surface area contributed by atoms with E-state index < -0.39 is 16.8 Å².